The summed E-state index contributed by atoms with van der Waals surface area (Å²) in [4.78, 5) is 27.4. The number of hydrogen-bond acceptors (Lipinski definition) is 5. The van der Waals surface area contributed by atoms with Gasteiger partial charge in [-0.25, -0.2) is 0 Å². The molecule has 2 aliphatic heterocycles. The summed E-state index contributed by atoms with van der Waals surface area (Å²) in [7, 11) is 0. The number of fused-ring (bicyclic) bond motifs is 2. The van der Waals surface area contributed by atoms with Gasteiger partial charge in [-0.05, 0) is 42.7 Å². The zero-order chi connectivity index (χ0) is 19.8. The van der Waals surface area contributed by atoms with Crippen LogP contribution in [0.15, 0.2) is 57.7 Å². The van der Waals surface area contributed by atoms with Crippen LogP contribution in [0.3, 0.4) is 0 Å². The average Bonchev–Trinajstić information content (AvgIpc) is 3.11. The Bertz CT molecular complexity index is 1140. The molecule has 0 saturated carbocycles. The fourth-order valence-corrected chi connectivity index (χ4v) is 4.09. The van der Waals surface area contributed by atoms with Crippen LogP contribution >= 0.6 is 0 Å². The lowest BCUT2D eigenvalue weighted by Crippen LogP contribution is -2.31. The number of carbonyl (C=O) groups is 1. The maximum Gasteiger partial charge on any atom is 0.290 e. The van der Waals surface area contributed by atoms with Crippen molar-refractivity contribution in [2.75, 3.05) is 19.8 Å². The Morgan fingerprint density at radius 2 is 1.79 bits per heavy atom. The van der Waals surface area contributed by atoms with Crippen molar-refractivity contribution in [3.05, 3.63) is 70.1 Å². The molecule has 3 aromatic rings. The molecule has 3 heterocycles. The zero-order valence-electron chi connectivity index (χ0n) is 15.9. The Hall–Kier alpha value is -3.28. The molecule has 1 saturated heterocycles. The van der Waals surface area contributed by atoms with Gasteiger partial charge in [0.2, 0.25) is 0 Å². The molecular formula is C23H21NO5. The predicted molar refractivity (Wildman–Crippen MR) is 108 cm³/mol. The number of ether oxygens (including phenoxy) is 2. The van der Waals surface area contributed by atoms with E-state index in [9.17, 15) is 9.59 Å². The molecule has 0 bridgehead atoms. The van der Waals surface area contributed by atoms with E-state index in [0.717, 1.165) is 36.3 Å². The Labute approximate surface area is 167 Å². The Morgan fingerprint density at radius 3 is 2.69 bits per heavy atom. The average molecular weight is 391 g/mol. The SMILES string of the molecule is O=C(c1cc(=O)c2ccccc2o1)N1CCC[C@H]1c1ccc2c(c1)OCCCO2. The second-order valence-corrected chi connectivity index (χ2v) is 7.38. The number of para-hydroxylation sites is 1. The molecule has 1 aromatic heterocycles. The lowest BCUT2D eigenvalue weighted by atomic mass is 10.0. The molecule has 0 radical (unpaired) electrons. The van der Waals surface area contributed by atoms with Gasteiger partial charge >= 0.3 is 0 Å². The number of amides is 1. The van der Waals surface area contributed by atoms with Gasteiger partial charge in [-0.3, -0.25) is 9.59 Å². The molecule has 5 rings (SSSR count). The fraction of sp³-hybridized carbons (Fsp3) is 0.304. The molecule has 0 spiro atoms. The monoisotopic (exact) mass is 391 g/mol. The van der Waals surface area contributed by atoms with Crippen LogP contribution in [0, 0.1) is 0 Å². The first-order valence-corrected chi connectivity index (χ1v) is 9.94. The molecule has 2 aromatic carbocycles. The second-order valence-electron chi connectivity index (χ2n) is 7.38. The molecule has 6 nitrogen and oxygen atoms in total. The van der Waals surface area contributed by atoms with Gasteiger partial charge in [0, 0.05) is 19.0 Å². The third-order valence-corrected chi connectivity index (χ3v) is 5.52. The van der Waals surface area contributed by atoms with Gasteiger partial charge in [-0.2, -0.15) is 0 Å². The molecule has 6 heteroatoms. The summed E-state index contributed by atoms with van der Waals surface area (Å²) in [5.41, 5.74) is 1.22. The summed E-state index contributed by atoms with van der Waals surface area (Å²) in [5, 5.41) is 0.477. The number of benzene rings is 2. The molecule has 1 amide bonds. The highest BCUT2D eigenvalue weighted by Gasteiger charge is 2.32. The van der Waals surface area contributed by atoms with Crippen molar-refractivity contribution in [3.63, 3.8) is 0 Å². The summed E-state index contributed by atoms with van der Waals surface area (Å²) in [5.74, 6) is 1.27. The first-order valence-electron chi connectivity index (χ1n) is 9.94. The standard InChI is InChI=1S/C23H21NO5/c25-18-14-22(29-19-7-2-1-5-16(18)19)23(26)24-10-3-6-17(24)15-8-9-20-21(13-15)28-12-4-11-27-20/h1-2,5,7-9,13-14,17H,3-4,6,10-12H2/t17-/m0/s1. The molecule has 2 aliphatic rings. The van der Waals surface area contributed by atoms with Crippen molar-refractivity contribution >= 4 is 16.9 Å². The summed E-state index contributed by atoms with van der Waals surface area (Å²) < 4.78 is 17.3. The van der Waals surface area contributed by atoms with E-state index in [1.165, 1.54) is 6.07 Å². The van der Waals surface area contributed by atoms with Gasteiger partial charge in [-0.15, -0.1) is 0 Å². The highest BCUT2D eigenvalue weighted by molar-refractivity contribution is 5.93. The topological polar surface area (TPSA) is 69.0 Å². The third kappa shape index (κ3) is 3.24. The highest BCUT2D eigenvalue weighted by Crippen LogP contribution is 2.38. The van der Waals surface area contributed by atoms with Gasteiger partial charge in [0.1, 0.15) is 5.58 Å². The minimum absolute atomic E-state index is 0.0787. The van der Waals surface area contributed by atoms with Gasteiger partial charge in [0.25, 0.3) is 5.91 Å². The van der Waals surface area contributed by atoms with Gasteiger partial charge < -0.3 is 18.8 Å². The Morgan fingerprint density at radius 1 is 0.966 bits per heavy atom. The van der Waals surface area contributed by atoms with E-state index in [2.05, 4.69) is 0 Å². The van der Waals surface area contributed by atoms with E-state index < -0.39 is 0 Å². The minimum Gasteiger partial charge on any atom is -0.490 e. The van der Waals surface area contributed by atoms with Crippen LogP contribution in [-0.2, 0) is 0 Å². The van der Waals surface area contributed by atoms with E-state index in [4.69, 9.17) is 13.9 Å². The number of nitrogens with zero attached hydrogens (tertiary/aromatic N) is 1. The van der Waals surface area contributed by atoms with Crippen LogP contribution in [-0.4, -0.2) is 30.6 Å². The van der Waals surface area contributed by atoms with E-state index in [1.54, 1.807) is 29.2 Å². The van der Waals surface area contributed by atoms with Crippen molar-refractivity contribution in [2.45, 2.75) is 25.3 Å². The van der Waals surface area contributed by atoms with Crippen LogP contribution in [0.25, 0.3) is 11.0 Å². The number of likely N-dealkylation sites (tertiary alicyclic amines) is 1. The minimum atomic E-state index is -0.262. The lowest BCUT2D eigenvalue weighted by Gasteiger charge is -2.25. The number of carbonyl (C=O) groups excluding carboxylic acids is 1. The van der Waals surface area contributed by atoms with Crippen molar-refractivity contribution < 1.29 is 18.7 Å². The summed E-state index contributed by atoms with van der Waals surface area (Å²) in [6, 6.07) is 14.0. The van der Waals surface area contributed by atoms with Crippen LogP contribution in [0.2, 0.25) is 0 Å². The Balaban J connectivity index is 1.47. The van der Waals surface area contributed by atoms with Crippen molar-refractivity contribution in [2.24, 2.45) is 0 Å². The molecule has 0 unspecified atom stereocenters. The highest BCUT2D eigenvalue weighted by atomic mass is 16.5. The summed E-state index contributed by atoms with van der Waals surface area (Å²) >= 11 is 0. The molecule has 29 heavy (non-hydrogen) atoms. The van der Waals surface area contributed by atoms with Crippen molar-refractivity contribution in [1.29, 1.82) is 0 Å². The smallest absolute Gasteiger partial charge is 0.290 e. The lowest BCUT2D eigenvalue weighted by molar-refractivity contribution is 0.0703. The van der Waals surface area contributed by atoms with Crippen molar-refractivity contribution in [3.8, 4) is 11.5 Å². The Kier molecular flexibility index (Phi) is 4.46. The zero-order valence-corrected chi connectivity index (χ0v) is 15.9. The largest absolute Gasteiger partial charge is 0.490 e. The quantitative estimate of drug-likeness (QED) is 0.662. The first-order chi connectivity index (χ1) is 14.2. The normalized spacial score (nSPS) is 18.6. The molecule has 1 atom stereocenters. The van der Waals surface area contributed by atoms with E-state index in [0.29, 0.717) is 30.7 Å². The van der Waals surface area contributed by atoms with Crippen LogP contribution in [0.5, 0.6) is 11.5 Å². The maximum atomic E-state index is 13.2. The van der Waals surface area contributed by atoms with Crippen LogP contribution < -0.4 is 14.9 Å². The summed E-state index contributed by atoms with van der Waals surface area (Å²) in [6.45, 7) is 1.88. The van der Waals surface area contributed by atoms with Gasteiger partial charge in [0.15, 0.2) is 22.7 Å². The van der Waals surface area contributed by atoms with Gasteiger partial charge in [0.05, 0.1) is 24.6 Å². The molecular weight excluding hydrogens is 370 g/mol. The molecule has 148 valence electrons. The van der Waals surface area contributed by atoms with Gasteiger partial charge in [-0.1, -0.05) is 18.2 Å². The van der Waals surface area contributed by atoms with E-state index >= 15 is 0 Å². The number of rotatable bonds is 2. The predicted octanol–water partition coefficient (Wildman–Crippen LogP) is 3.93. The fourth-order valence-electron chi connectivity index (χ4n) is 4.09. The van der Waals surface area contributed by atoms with E-state index in [-0.39, 0.29) is 23.1 Å². The van der Waals surface area contributed by atoms with E-state index in [1.807, 2.05) is 18.2 Å². The van der Waals surface area contributed by atoms with Crippen LogP contribution in [0.1, 0.15) is 41.4 Å². The second kappa shape index (κ2) is 7.28. The van der Waals surface area contributed by atoms with Crippen LogP contribution in [0.4, 0.5) is 0 Å². The summed E-state index contributed by atoms with van der Waals surface area (Å²) in [6.07, 6.45) is 2.59. The third-order valence-electron chi connectivity index (χ3n) is 5.52. The molecule has 0 N–H and O–H groups in total. The molecule has 0 aliphatic carbocycles. The number of hydrogen-bond donors (Lipinski definition) is 0. The van der Waals surface area contributed by atoms with Crippen molar-refractivity contribution in [1.82, 2.24) is 4.90 Å². The maximum absolute atomic E-state index is 13.2. The first kappa shape index (κ1) is 17.8. The molecule has 1 fully saturated rings.